The lowest BCUT2D eigenvalue weighted by Gasteiger charge is -2.15. The van der Waals surface area contributed by atoms with Gasteiger partial charge in [-0.1, -0.05) is 24.3 Å². The summed E-state index contributed by atoms with van der Waals surface area (Å²) in [4.78, 5) is 23.4. The molecule has 3 heterocycles. The Bertz CT molecular complexity index is 905. The van der Waals surface area contributed by atoms with E-state index in [1.165, 1.54) is 16.9 Å². The molecule has 0 spiro atoms. The second-order valence-electron chi connectivity index (χ2n) is 5.66. The number of hydrogen-bond acceptors (Lipinski definition) is 5. The van der Waals surface area contributed by atoms with Crippen molar-refractivity contribution in [1.29, 1.82) is 0 Å². The molecule has 1 aromatic carbocycles. The molecule has 6 heteroatoms. The van der Waals surface area contributed by atoms with Gasteiger partial charge in [0.15, 0.2) is 5.13 Å². The van der Waals surface area contributed by atoms with Gasteiger partial charge in [-0.15, -0.1) is 11.3 Å². The molecule has 0 saturated heterocycles. The number of pyridine rings is 1. The number of benzene rings is 1. The molecule has 1 N–H and O–H groups in total. The predicted molar refractivity (Wildman–Crippen MR) is 96.2 cm³/mol. The molecule has 1 aliphatic heterocycles. The summed E-state index contributed by atoms with van der Waals surface area (Å²) in [5.41, 5.74) is 3.60. The maximum Gasteiger partial charge on any atom is 0.277 e. The lowest BCUT2D eigenvalue weighted by atomic mass is 10.2. The number of carbonyl (C=O) groups excluding carboxylic acids is 1. The number of carbonyl (C=O) groups is 1. The van der Waals surface area contributed by atoms with Crippen LogP contribution in [0.25, 0.3) is 0 Å². The molecular formula is C18H16N4OS. The minimum atomic E-state index is -0.0542. The highest BCUT2D eigenvalue weighted by Crippen LogP contribution is 2.29. The van der Waals surface area contributed by atoms with E-state index in [-0.39, 0.29) is 5.91 Å². The lowest BCUT2D eigenvalue weighted by Crippen LogP contribution is -2.29. The number of thiazole rings is 1. The summed E-state index contributed by atoms with van der Waals surface area (Å²) in [5, 5.41) is 5.62. The molecule has 0 radical (unpaired) electrons. The summed E-state index contributed by atoms with van der Waals surface area (Å²) in [6, 6.07) is 13.8. The number of para-hydroxylation sites is 1. The summed E-state index contributed by atoms with van der Waals surface area (Å²) in [6.45, 7) is 2.64. The van der Waals surface area contributed by atoms with Crippen molar-refractivity contribution in [3.63, 3.8) is 0 Å². The zero-order valence-electron chi connectivity index (χ0n) is 13.2. The number of anilines is 3. The first-order valence-electron chi connectivity index (χ1n) is 7.77. The third-order valence-corrected chi connectivity index (χ3v) is 4.74. The maximum absolute atomic E-state index is 12.8. The van der Waals surface area contributed by atoms with Crippen LogP contribution >= 0.6 is 11.3 Å². The molecular weight excluding hydrogens is 320 g/mol. The van der Waals surface area contributed by atoms with Crippen LogP contribution in [0.5, 0.6) is 0 Å². The highest BCUT2D eigenvalue weighted by molar-refractivity contribution is 7.14. The molecule has 120 valence electrons. The molecule has 0 bridgehead atoms. The minimum absolute atomic E-state index is 0.0542. The van der Waals surface area contributed by atoms with Gasteiger partial charge in [-0.3, -0.25) is 4.79 Å². The molecule has 1 amide bonds. The van der Waals surface area contributed by atoms with Crippen LogP contribution in [-0.2, 0) is 6.42 Å². The Morgan fingerprint density at radius 2 is 2.04 bits per heavy atom. The zero-order valence-corrected chi connectivity index (χ0v) is 14.0. The Hall–Kier alpha value is -2.73. The molecule has 0 saturated carbocycles. The van der Waals surface area contributed by atoms with Gasteiger partial charge in [0, 0.05) is 23.3 Å². The first-order valence-corrected chi connectivity index (χ1v) is 8.65. The number of aryl methyl sites for hydroxylation is 1. The Morgan fingerprint density at radius 3 is 2.92 bits per heavy atom. The van der Waals surface area contributed by atoms with Crippen LogP contribution in [-0.4, -0.2) is 22.4 Å². The molecule has 24 heavy (non-hydrogen) atoms. The topological polar surface area (TPSA) is 58.1 Å². The van der Waals surface area contributed by atoms with Crippen molar-refractivity contribution in [2.24, 2.45) is 0 Å². The molecule has 3 aromatic rings. The fraction of sp³-hybridized carbons (Fsp3) is 0.167. The molecule has 0 unspecified atom stereocenters. The fourth-order valence-electron chi connectivity index (χ4n) is 2.84. The van der Waals surface area contributed by atoms with Crippen molar-refractivity contribution in [3.8, 4) is 0 Å². The maximum atomic E-state index is 12.8. The van der Waals surface area contributed by atoms with E-state index in [2.05, 4.69) is 21.4 Å². The lowest BCUT2D eigenvalue weighted by molar-refractivity contribution is 0.0985. The smallest absolute Gasteiger partial charge is 0.277 e. The Morgan fingerprint density at radius 1 is 1.17 bits per heavy atom. The number of fused-ring (bicyclic) bond motifs is 1. The number of nitrogens with zero attached hydrogens (tertiary/aromatic N) is 3. The van der Waals surface area contributed by atoms with Gasteiger partial charge in [-0.05, 0) is 37.1 Å². The number of amides is 1. The van der Waals surface area contributed by atoms with Crippen LogP contribution in [0, 0.1) is 6.92 Å². The SMILES string of the molecule is Cc1cccc(Nc2nc(C(=O)N3CCc4ccccc43)cs2)n1. The van der Waals surface area contributed by atoms with Crippen LogP contribution in [0.2, 0.25) is 0 Å². The van der Waals surface area contributed by atoms with Crippen molar-refractivity contribution in [3.05, 3.63) is 64.8 Å². The monoisotopic (exact) mass is 336 g/mol. The number of hydrogen-bond donors (Lipinski definition) is 1. The van der Waals surface area contributed by atoms with E-state index in [1.54, 1.807) is 10.3 Å². The molecule has 5 nitrogen and oxygen atoms in total. The van der Waals surface area contributed by atoms with E-state index in [0.29, 0.717) is 17.4 Å². The standard InChI is InChI=1S/C18H16N4OS/c1-12-5-4-8-16(19-12)21-18-20-14(11-24-18)17(23)22-10-9-13-6-2-3-7-15(13)22/h2-8,11H,9-10H2,1H3,(H,19,20,21). The van der Waals surface area contributed by atoms with Gasteiger partial charge in [0.2, 0.25) is 0 Å². The van der Waals surface area contributed by atoms with Gasteiger partial charge in [-0.25, -0.2) is 9.97 Å². The van der Waals surface area contributed by atoms with Crippen molar-refractivity contribution >= 4 is 33.9 Å². The fourth-order valence-corrected chi connectivity index (χ4v) is 3.53. The Balaban J connectivity index is 1.54. The van der Waals surface area contributed by atoms with Crippen LogP contribution in [0.4, 0.5) is 16.6 Å². The van der Waals surface area contributed by atoms with Gasteiger partial charge in [-0.2, -0.15) is 0 Å². The van der Waals surface area contributed by atoms with Crippen molar-refractivity contribution in [2.75, 3.05) is 16.8 Å². The van der Waals surface area contributed by atoms with Gasteiger partial charge in [0.25, 0.3) is 5.91 Å². The van der Waals surface area contributed by atoms with Crippen LogP contribution < -0.4 is 10.2 Å². The highest BCUT2D eigenvalue weighted by Gasteiger charge is 2.26. The second-order valence-corrected chi connectivity index (χ2v) is 6.52. The summed E-state index contributed by atoms with van der Waals surface area (Å²) in [6.07, 6.45) is 0.893. The second kappa shape index (κ2) is 6.05. The average molecular weight is 336 g/mol. The molecule has 0 atom stereocenters. The highest BCUT2D eigenvalue weighted by atomic mass is 32.1. The van der Waals surface area contributed by atoms with Crippen LogP contribution in [0.15, 0.2) is 47.8 Å². The van der Waals surface area contributed by atoms with E-state index in [1.807, 2.05) is 43.3 Å². The summed E-state index contributed by atoms with van der Waals surface area (Å²) in [5.74, 6) is 0.677. The van der Waals surface area contributed by atoms with Gasteiger partial charge in [0.05, 0.1) is 0 Å². The number of aromatic nitrogens is 2. The van der Waals surface area contributed by atoms with E-state index >= 15 is 0 Å². The van der Waals surface area contributed by atoms with Crippen molar-refractivity contribution in [1.82, 2.24) is 9.97 Å². The van der Waals surface area contributed by atoms with E-state index < -0.39 is 0 Å². The third kappa shape index (κ3) is 2.76. The van der Waals surface area contributed by atoms with Gasteiger partial charge < -0.3 is 10.2 Å². The average Bonchev–Trinajstić information content (AvgIpc) is 3.21. The summed E-state index contributed by atoms with van der Waals surface area (Å²) in [7, 11) is 0. The number of nitrogens with one attached hydrogen (secondary N) is 1. The minimum Gasteiger partial charge on any atom is -0.316 e. The van der Waals surface area contributed by atoms with E-state index in [9.17, 15) is 4.79 Å². The van der Waals surface area contributed by atoms with Crippen LogP contribution in [0.3, 0.4) is 0 Å². The van der Waals surface area contributed by atoms with Gasteiger partial charge >= 0.3 is 0 Å². The zero-order chi connectivity index (χ0) is 16.5. The van der Waals surface area contributed by atoms with Crippen molar-refractivity contribution < 1.29 is 4.79 Å². The third-order valence-electron chi connectivity index (χ3n) is 3.98. The van der Waals surface area contributed by atoms with E-state index in [4.69, 9.17) is 0 Å². The first-order chi connectivity index (χ1) is 11.7. The van der Waals surface area contributed by atoms with E-state index in [0.717, 1.165) is 23.6 Å². The molecule has 0 fully saturated rings. The summed E-state index contributed by atoms with van der Waals surface area (Å²) < 4.78 is 0. The first kappa shape index (κ1) is 14.8. The molecule has 0 aliphatic carbocycles. The summed E-state index contributed by atoms with van der Waals surface area (Å²) >= 11 is 1.41. The predicted octanol–water partition coefficient (Wildman–Crippen LogP) is 3.79. The largest absolute Gasteiger partial charge is 0.316 e. The quantitative estimate of drug-likeness (QED) is 0.790. The Labute approximate surface area is 144 Å². The van der Waals surface area contributed by atoms with Crippen LogP contribution in [0.1, 0.15) is 21.7 Å². The number of rotatable bonds is 3. The molecule has 1 aliphatic rings. The van der Waals surface area contributed by atoms with Crippen molar-refractivity contribution in [2.45, 2.75) is 13.3 Å². The normalized spacial score (nSPS) is 13.0. The Kier molecular flexibility index (Phi) is 3.74. The molecule has 2 aromatic heterocycles. The van der Waals surface area contributed by atoms with Gasteiger partial charge in [0.1, 0.15) is 11.5 Å². The molecule has 4 rings (SSSR count).